The number of piperidine rings is 1. The van der Waals surface area contributed by atoms with Gasteiger partial charge in [0.25, 0.3) is 11.3 Å². The number of hydrogen-bond acceptors (Lipinski definition) is 4. The predicted octanol–water partition coefficient (Wildman–Crippen LogP) is 5.03. The number of nitriles is 1. The Morgan fingerprint density at radius 3 is 2.39 bits per heavy atom. The van der Waals surface area contributed by atoms with E-state index in [-0.39, 0.29) is 22.6 Å². The van der Waals surface area contributed by atoms with E-state index in [1.807, 2.05) is 30.3 Å². The SMILES string of the molecule is Cn1cc(C(=O)C(F)(F)F)c2cc(C3CCN(c4c(C#N)c(=O)n(C)c5ccccc45)CC3)ccc21. The molecule has 36 heavy (non-hydrogen) atoms. The monoisotopic (exact) mass is 492 g/mol. The molecule has 0 spiro atoms. The zero-order valence-corrected chi connectivity index (χ0v) is 19.8. The van der Waals surface area contributed by atoms with Gasteiger partial charge in [0, 0.05) is 49.7 Å². The van der Waals surface area contributed by atoms with E-state index in [1.165, 1.54) is 15.3 Å². The van der Waals surface area contributed by atoms with Crippen LogP contribution in [0.1, 0.15) is 40.2 Å². The summed E-state index contributed by atoms with van der Waals surface area (Å²) >= 11 is 0. The van der Waals surface area contributed by atoms with Crippen molar-refractivity contribution in [3.8, 4) is 6.07 Å². The molecule has 0 amide bonds. The summed E-state index contributed by atoms with van der Waals surface area (Å²) in [6.07, 6.45) is -2.33. The van der Waals surface area contributed by atoms with Crippen molar-refractivity contribution in [3.63, 3.8) is 0 Å². The van der Waals surface area contributed by atoms with Gasteiger partial charge in [-0.3, -0.25) is 9.59 Å². The summed E-state index contributed by atoms with van der Waals surface area (Å²) in [7, 11) is 3.27. The Morgan fingerprint density at radius 1 is 1.03 bits per heavy atom. The molecule has 0 bridgehead atoms. The summed E-state index contributed by atoms with van der Waals surface area (Å²) in [5.41, 5.74) is 2.24. The van der Waals surface area contributed by atoms with Gasteiger partial charge in [-0.25, -0.2) is 0 Å². The molecule has 0 N–H and O–H groups in total. The number of nitrogens with zero attached hydrogens (tertiary/aromatic N) is 4. The fourth-order valence-corrected chi connectivity index (χ4v) is 5.34. The number of para-hydroxylation sites is 1. The van der Waals surface area contributed by atoms with Crippen LogP contribution in [-0.2, 0) is 14.1 Å². The molecule has 0 aliphatic carbocycles. The Morgan fingerprint density at radius 2 is 1.72 bits per heavy atom. The lowest BCUT2D eigenvalue weighted by Crippen LogP contribution is -2.35. The number of pyridine rings is 1. The second-order valence-electron chi connectivity index (χ2n) is 9.24. The minimum absolute atomic E-state index is 0.0723. The summed E-state index contributed by atoms with van der Waals surface area (Å²) in [4.78, 5) is 26.9. The van der Waals surface area contributed by atoms with Crippen molar-refractivity contribution in [2.45, 2.75) is 24.9 Å². The highest BCUT2D eigenvalue weighted by molar-refractivity contribution is 6.10. The largest absolute Gasteiger partial charge is 0.454 e. The fourth-order valence-electron chi connectivity index (χ4n) is 5.34. The normalized spacial score (nSPS) is 14.9. The van der Waals surface area contributed by atoms with Crippen LogP contribution in [0.5, 0.6) is 0 Å². The summed E-state index contributed by atoms with van der Waals surface area (Å²) in [5.74, 6) is -1.77. The number of fused-ring (bicyclic) bond motifs is 2. The first kappa shape index (κ1) is 23.7. The van der Waals surface area contributed by atoms with Crippen LogP contribution in [0.3, 0.4) is 0 Å². The molecule has 3 heterocycles. The molecule has 1 saturated heterocycles. The molecule has 2 aromatic heterocycles. The van der Waals surface area contributed by atoms with Gasteiger partial charge in [0.1, 0.15) is 11.6 Å². The predicted molar refractivity (Wildman–Crippen MR) is 131 cm³/mol. The van der Waals surface area contributed by atoms with Crippen molar-refractivity contribution in [2.75, 3.05) is 18.0 Å². The maximum atomic E-state index is 13.1. The second kappa shape index (κ2) is 8.55. The van der Waals surface area contributed by atoms with E-state index in [0.29, 0.717) is 42.5 Å². The number of carbonyl (C=O) groups is 1. The zero-order valence-electron chi connectivity index (χ0n) is 19.8. The number of rotatable bonds is 3. The van der Waals surface area contributed by atoms with E-state index in [4.69, 9.17) is 0 Å². The van der Waals surface area contributed by atoms with Crippen LogP contribution in [0, 0.1) is 11.3 Å². The highest BCUT2D eigenvalue weighted by Crippen LogP contribution is 2.37. The Balaban J connectivity index is 1.47. The number of benzene rings is 2. The number of alkyl halides is 3. The van der Waals surface area contributed by atoms with Crippen molar-refractivity contribution in [1.82, 2.24) is 9.13 Å². The van der Waals surface area contributed by atoms with Crippen LogP contribution >= 0.6 is 0 Å². The van der Waals surface area contributed by atoms with Gasteiger partial charge in [0.15, 0.2) is 0 Å². The molecule has 184 valence electrons. The van der Waals surface area contributed by atoms with Gasteiger partial charge < -0.3 is 14.0 Å². The molecular formula is C27H23F3N4O2. The van der Waals surface area contributed by atoms with Crippen molar-refractivity contribution in [3.05, 3.63) is 75.7 Å². The minimum atomic E-state index is -4.94. The molecule has 0 atom stereocenters. The Hall–Kier alpha value is -4.06. The highest BCUT2D eigenvalue weighted by Gasteiger charge is 2.41. The molecule has 2 aromatic carbocycles. The van der Waals surface area contributed by atoms with E-state index in [1.54, 1.807) is 26.2 Å². The van der Waals surface area contributed by atoms with Gasteiger partial charge in [-0.2, -0.15) is 18.4 Å². The van der Waals surface area contributed by atoms with E-state index in [2.05, 4.69) is 11.0 Å². The highest BCUT2D eigenvalue weighted by atomic mass is 19.4. The third kappa shape index (κ3) is 3.73. The molecular weight excluding hydrogens is 469 g/mol. The van der Waals surface area contributed by atoms with Crippen molar-refractivity contribution >= 4 is 33.3 Å². The summed E-state index contributed by atoms with van der Waals surface area (Å²) in [5, 5.41) is 10.9. The molecule has 0 radical (unpaired) electrons. The number of Topliss-reactive ketones (excluding diaryl/α,β-unsaturated/α-hetero) is 1. The van der Waals surface area contributed by atoms with Crippen LogP contribution in [0.15, 0.2) is 53.5 Å². The van der Waals surface area contributed by atoms with E-state index >= 15 is 0 Å². The standard InChI is InChI=1S/C27H23F3N4O2/c1-32-15-21(25(35)27(28,29)30)19-13-17(7-8-22(19)32)16-9-11-34(12-10-16)24-18-5-3-4-6-23(18)33(2)26(36)20(24)14-31/h3-8,13,15-16H,9-12H2,1-2H3. The minimum Gasteiger partial charge on any atom is -0.370 e. The van der Waals surface area contributed by atoms with E-state index in [0.717, 1.165) is 16.5 Å². The quantitative estimate of drug-likeness (QED) is 0.376. The van der Waals surface area contributed by atoms with Crippen LogP contribution < -0.4 is 10.5 Å². The Bertz CT molecular complexity index is 1620. The molecule has 0 saturated carbocycles. The first-order valence-electron chi connectivity index (χ1n) is 11.6. The van der Waals surface area contributed by atoms with Crippen molar-refractivity contribution in [2.24, 2.45) is 14.1 Å². The fraction of sp³-hybridized carbons (Fsp3) is 0.296. The number of anilines is 1. The average molecular weight is 493 g/mol. The van der Waals surface area contributed by atoms with Gasteiger partial charge >= 0.3 is 6.18 Å². The molecule has 9 heteroatoms. The number of aromatic nitrogens is 2. The third-order valence-electron chi connectivity index (χ3n) is 7.19. The molecule has 5 rings (SSSR count). The number of halogens is 3. The summed E-state index contributed by atoms with van der Waals surface area (Å²) < 4.78 is 42.5. The maximum absolute atomic E-state index is 13.1. The number of hydrogen-bond donors (Lipinski definition) is 0. The molecule has 0 unspecified atom stereocenters. The molecule has 1 fully saturated rings. The second-order valence-corrected chi connectivity index (χ2v) is 9.24. The number of aryl methyl sites for hydroxylation is 2. The molecule has 6 nitrogen and oxygen atoms in total. The smallest absolute Gasteiger partial charge is 0.370 e. The lowest BCUT2D eigenvalue weighted by Gasteiger charge is -2.35. The van der Waals surface area contributed by atoms with Gasteiger partial charge in [0.2, 0.25) is 0 Å². The van der Waals surface area contributed by atoms with Crippen LogP contribution in [0.25, 0.3) is 21.8 Å². The van der Waals surface area contributed by atoms with Crippen LogP contribution in [0.2, 0.25) is 0 Å². The van der Waals surface area contributed by atoms with Crippen LogP contribution in [0.4, 0.5) is 18.9 Å². The third-order valence-corrected chi connectivity index (χ3v) is 7.19. The lowest BCUT2D eigenvalue weighted by molar-refractivity contribution is -0.0884. The number of carbonyl (C=O) groups excluding carboxylic acids is 1. The Kier molecular flexibility index (Phi) is 5.62. The van der Waals surface area contributed by atoms with Gasteiger partial charge in [-0.1, -0.05) is 24.3 Å². The Labute approximate surface area is 204 Å². The van der Waals surface area contributed by atoms with Gasteiger partial charge in [-0.15, -0.1) is 0 Å². The topological polar surface area (TPSA) is 71.0 Å². The van der Waals surface area contributed by atoms with Gasteiger partial charge in [-0.05, 0) is 42.5 Å². The first-order chi connectivity index (χ1) is 17.1. The molecule has 1 aliphatic rings. The van der Waals surface area contributed by atoms with Crippen molar-refractivity contribution in [1.29, 1.82) is 5.26 Å². The first-order valence-corrected chi connectivity index (χ1v) is 11.6. The average Bonchev–Trinajstić information content (AvgIpc) is 3.20. The lowest BCUT2D eigenvalue weighted by atomic mass is 9.88. The summed E-state index contributed by atoms with van der Waals surface area (Å²) in [6, 6.07) is 14.9. The van der Waals surface area contributed by atoms with E-state index < -0.39 is 12.0 Å². The van der Waals surface area contributed by atoms with E-state index in [9.17, 15) is 28.0 Å². The van der Waals surface area contributed by atoms with Gasteiger partial charge in [0.05, 0.1) is 16.8 Å². The maximum Gasteiger partial charge on any atom is 0.454 e. The zero-order chi connectivity index (χ0) is 25.8. The number of ketones is 1. The summed E-state index contributed by atoms with van der Waals surface area (Å²) in [6.45, 7) is 1.16. The van der Waals surface area contributed by atoms with Crippen molar-refractivity contribution < 1.29 is 18.0 Å². The molecule has 4 aromatic rings. The molecule has 1 aliphatic heterocycles. The van der Waals surface area contributed by atoms with Crippen LogP contribution in [-0.4, -0.2) is 34.2 Å².